The van der Waals surface area contributed by atoms with Crippen LogP contribution in [0, 0.1) is 20.2 Å². The Morgan fingerprint density at radius 1 is 1.00 bits per heavy atom. The van der Waals surface area contributed by atoms with Crippen molar-refractivity contribution in [3.8, 4) is 0 Å². The van der Waals surface area contributed by atoms with Crippen molar-refractivity contribution < 1.29 is 9.85 Å². The predicted molar refractivity (Wildman–Crippen MR) is 69.6 cm³/mol. The number of hydrogen-bond donors (Lipinski definition) is 0. The predicted octanol–water partition coefficient (Wildman–Crippen LogP) is 1.71. The molecule has 102 valence electrons. The Morgan fingerprint density at radius 3 is 2.20 bits per heavy atom. The summed E-state index contributed by atoms with van der Waals surface area (Å²) in [5.41, 5.74) is -0.498. The van der Waals surface area contributed by atoms with Crippen LogP contribution < -0.4 is 5.43 Å². The highest BCUT2D eigenvalue weighted by Crippen LogP contribution is 2.25. The Kier molecular flexibility index (Phi) is 3.56. The number of aromatic nitrogens is 1. The molecule has 0 fully saturated rings. The number of hydrogen-bond acceptors (Lipinski definition) is 5. The van der Waals surface area contributed by atoms with Crippen LogP contribution in [-0.4, -0.2) is 14.4 Å². The van der Waals surface area contributed by atoms with Crippen LogP contribution in [0.3, 0.4) is 0 Å². The van der Waals surface area contributed by atoms with Crippen molar-refractivity contribution in [1.82, 2.24) is 4.57 Å². The van der Waals surface area contributed by atoms with E-state index in [0.29, 0.717) is 5.56 Å². The average Bonchev–Trinajstić information content (AvgIpc) is 2.41. The van der Waals surface area contributed by atoms with Crippen molar-refractivity contribution in [3.63, 3.8) is 0 Å². The highest BCUT2D eigenvalue weighted by atomic mass is 16.6. The molecule has 2 aromatic rings. The van der Waals surface area contributed by atoms with E-state index in [1.54, 1.807) is 4.57 Å². The fourth-order valence-electron chi connectivity index (χ4n) is 1.72. The molecule has 0 N–H and O–H groups in total. The molecule has 0 aliphatic carbocycles. The molecule has 0 atom stereocenters. The summed E-state index contributed by atoms with van der Waals surface area (Å²) >= 11 is 0. The molecule has 1 heterocycles. The minimum absolute atomic E-state index is 0.147. The molecule has 0 unspecified atom stereocenters. The lowest BCUT2D eigenvalue weighted by molar-refractivity contribution is -0.394. The Morgan fingerprint density at radius 2 is 1.65 bits per heavy atom. The van der Waals surface area contributed by atoms with E-state index in [1.165, 1.54) is 36.7 Å². The van der Waals surface area contributed by atoms with Crippen molar-refractivity contribution in [2.45, 2.75) is 6.54 Å². The minimum atomic E-state index is -0.684. The van der Waals surface area contributed by atoms with Gasteiger partial charge in [0.1, 0.15) is 0 Å². The highest BCUT2D eigenvalue weighted by molar-refractivity contribution is 5.49. The summed E-state index contributed by atoms with van der Waals surface area (Å²) in [7, 11) is 0. The smallest absolute Gasteiger partial charge is 0.281 e. The molecule has 0 aliphatic rings. The zero-order chi connectivity index (χ0) is 14.7. The molecule has 8 nitrogen and oxygen atoms in total. The first-order valence-corrected chi connectivity index (χ1v) is 5.55. The summed E-state index contributed by atoms with van der Waals surface area (Å²) in [6.07, 6.45) is 2.99. The fraction of sp³-hybridized carbons (Fsp3) is 0.0833. The number of rotatable bonds is 4. The van der Waals surface area contributed by atoms with Gasteiger partial charge in [0, 0.05) is 36.2 Å². The Bertz CT molecular complexity index is 718. The lowest BCUT2D eigenvalue weighted by Crippen LogP contribution is -2.06. The molecule has 1 aromatic heterocycles. The lowest BCUT2D eigenvalue weighted by Gasteiger charge is -2.06. The monoisotopic (exact) mass is 275 g/mol. The van der Waals surface area contributed by atoms with Gasteiger partial charge in [-0.25, -0.2) is 0 Å². The van der Waals surface area contributed by atoms with Crippen LogP contribution in [0.1, 0.15) is 5.56 Å². The van der Waals surface area contributed by atoms with E-state index in [2.05, 4.69) is 0 Å². The molecule has 0 bridgehead atoms. The topological polar surface area (TPSA) is 108 Å². The normalized spacial score (nSPS) is 10.2. The Labute approximate surface area is 112 Å². The van der Waals surface area contributed by atoms with Crippen molar-refractivity contribution >= 4 is 11.4 Å². The Hall–Kier alpha value is -3.03. The van der Waals surface area contributed by atoms with Crippen LogP contribution in [0.4, 0.5) is 11.4 Å². The van der Waals surface area contributed by atoms with Gasteiger partial charge in [-0.1, -0.05) is 0 Å². The number of nitro benzene ring substituents is 2. The van der Waals surface area contributed by atoms with Gasteiger partial charge in [-0.3, -0.25) is 25.0 Å². The van der Waals surface area contributed by atoms with Gasteiger partial charge in [0.05, 0.1) is 22.5 Å². The molecular weight excluding hydrogens is 266 g/mol. The molecule has 0 amide bonds. The second-order valence-electron chi connectivity index (χ2n) is 4.03. The molecule has 0 aliphatic heterocycles. The first-order chi connectivity index (χ1) is 9.47. The van der Waals surface area contributed by atoms with Gasteiger partial charge in [-0.05, 0) is 6.07 Å². The van der Waals surface area contributed by atoms with Gasteiger partial charge >= 0.3 is 0 Å². The van der Waals surface area contributed by atoms with E-state index in [9.17, 15) is 25.0 Å². The zero-order valence-electron chi connectivity index (χ0n) is 10.1. The molecule has 0 radical (unpaired) electrons. The largest absolute Gasteiger partial charge is 0.349 e. The number of benzene rings is 1. The summed E-state index contributed by atoms with van der Waals surface area (Å²) in [5, 5.41) is 21.6. The van der Waals surface area contributed by atoms with Gasteiger partial charge < -0.3 is 4.57 Å². The standard InChI is InChI=1S/C12H9N3O5/c16-11-3-5-13(6-4-11)8-9-1-2-10(14(17)18)7-12(9)15(19)20/h1-7H,8H2. The number of nitrogens with zero attached hydrogens (tertiary/aromatic N) is 3. The third kappa shape index (κ3) is 2.86. The molecule has 0 saturated carbocycles. The maximum Gasteiger partial charge on any atom is 0.281 e. The number of non-ortho nitro benzene ring substituents is 1. The van der Waals surface area contributed by atoms with Gasteiger partial charge in [-0.2, -0.15) is 0 Å². The first kappa shape index (κ1) is 13.4. The number of pyridine rings is 1. The van der Waals surface area contributed by atoms with Crippen LogP contribution >= 0.6 is 0 Å². The molecule has 2 rings (SSSR count). The number of nitro groups is 2. The quantitative estimate of drug-likeness (QED) is 0.623. The third-order valence-corrected chi connectivity index (χ3v) is 2.69. The van der Waals surface area contributed by atoms with Gasteiger partial charge in [0.25, 0.3) is 11.4 Å². The van der Waals surface area contributed by atoms with Crippen LogP contribution in [0.2, 0.25) is 0 Å². The second-order valence-corrected chi connectivity index (χ2v) is 4.03. The Balaban J connectivity index is 2.40. The summed E-state index contributed by atoms with van der Waals surface area (Å²) < 4.78 is 1.58. The molecule has 8 heteroatoms. The summed E-state index contributed by atoms with van der Waals surface area (Å²) in [6.45, 7) is 0.147. The van der Waals surface area contributed by atoms with E-state index in [4.69, 9.17) is 0 Å². The van der Waals surface area contributed by atoms with Crippen molar-refractivity contribution in [1.29, 1.82) is 0 Å². The van der Waals surface area contributed by atoms with Crippen LogP contribution in [0.25, 0.3) is 0 Å². The molecule has 20 heavy (non-hydrogen) atoms. The van der Waals surface area contributed by atoms with Crippen LogP contribution in [0.15, 0.2) is 47.5 Å². The zero-order valence-corrected chi connectivity index (χ0v) is 10.1. The van der Waals surface area contributed by atoms with E-state index >= 15 is 0 Å². The van der Waals surface area contributed by atoms with E-state index in [-0.39, 0.29) is 23.3 Å². The van der Waals surface area contributed by atoms with Crippen molar-refractivity contribution in [2.75, 3.05) is 0 Å². The lowest BCUT2D eigenvalue weighted by atomic mass is 10.1. The van der Waals surface area contributed by atoms with E-state index < -0.39 is 9.85 Å². The maximum absolute atomic E-state index is 11.0. The fourth-order valence-corrected chi connectivity index (χ4v) is 1.72. The van der Waals surface area contributed by atoms with Gasteiger partial charge in [-0.15, -0.1) is 0 Å². The average molecular weight is 275 g/mol. The molecular formula is C12H9N3O5. The van der Waals surface area contributed by atoms with Crippen molar-refractivity contribution in [3.05, 3.63) is 78.7 Å². The maximum atomic E-state index is 11.0. The minimum Gasteiger partial charge on any atom is -0.349 e. The summed E-state index contributed by atoms with van der Waals surface area (Å²) in [6, 6.07) is 6.14. The van der Waals surface area contributed by atoms with Gasteiger partial charge in [0.2, 0.25) is 0 Å². The molecule has 0 saturated heterocycles. The SMILES string of the molecule is O=c1ccn(Cc2ccc([N+](=O)[O-])cc2[N+](=O)[O-])cc1. The first-order valence-electron chi connectivity index (χ1n) is 5.55. The third-order valence-electron chi connectivity index (χ3n) is 2.69. The molecule has 1 aromatic carbocycles. The van der Waals surface area contributed by atoms with E-state index in [0.717, 1.165) is 6.07 Å². The highest BCUT2D eigenvalue weighted by Gasteiger charge is 2.19. The van der Waals surface area contributed by atoms with E-state index in [1.807, 2.05) is 0 Å². The van der Waals surface area contributed by atoms with Gasteiger partial charge in [0.15, 0.2) is 5.43 Å². The summed E-state index contributed by atoms with van der Waals surface area (Å²) in [4.78, 5) is 31.2. The summed E-state index contributed by atoms with van der Waals surface area (Å²) in [5.74, 6) is 0. The molecule has 0 spiro atoms. The van der Waals surface area contributed by atoms with Crippen LogP contribution in [-0.2, 0) is 6.54 Å². The van der Waals surface area contributed by atoms with Crippen molar-refractivity contribution in [2.24, 2.45) is 0 Å². The van der Waals surface area contributed by atoms with Crippen LogP contribution in [0.5, 0.6) is 0 Å². The second kappa shape index (κ2) is 5.31.